The first-order chi connectivity index (χ1) is 19.9. The summed E-state index contributed by atoms with van der Waals surface area (Å²) in [5.41, 5.74) is 0.860. The second kappa shape index (κ2) is 15.1. The number of hydrogen-bond acceptors (Lipinski definition) is 5. The van der Waals surface area contributed by atoms with Gasteiger partial charge in [0.05, 0.1) is 0 Å². The first-order valence-electron chi connectivity index (χ1n) is 15.0. The van der Waals surface area contributed by atoms with Crippen molar-refractivity contribution in [3.05, 3.63) is 71.8 Å². The Morgan fingerprint density at radius 1 is 0.977 bits per heavy atom. The molecule has 3 N–H and O–H groups in total. The van der Waals surface area contributed by atoms with E-state index in [1.165, 1.54) is 12.1 Å². The van der Waals surface area contributed by atoms with E-state index >= 15 is 0 Å². The molecule has 43 heavy (non-hydrogen) atoms. The number of carbonyl (C=O) groups is 3. The van der Waals surface area contributed by atoms with Crippen molar-refractivity contribution >= 4 is 24.0 Å². The fourth-order valence-electron chi connectivity index (χ4n) is 4.74. The number of amides is 3. The van der Waals surface area contributed by atoms with E-state index in [-0.39, 0.29) is 24.1 Å². The number of rotatable bonds is 12. The van der Waals surface area contributed by atoms with Crippen LogP contribution in [0.4, 0.5) is 4.79 Å². The van der Waals surface area contributed by atoms with Crippen LogP contribution in [0.5, 0.6) is 5.75 Å². The monoisotopic (exact) mass is 593 g/mol. The van der Waals surface area contributed by atoms with Gasteiger partial charge in [0.15, 0.2) is 0 Å². The van der Waals surface area contributed by atoms with Crippen LogP contribution in [0.25, 0.3) is 6.08 Å². The molecule has 0 aromatic heterocycles. The SMILES string of the molecule is C=Cc1cccc(C(C(=O)NC(C)(C)C)N(C(=O)C(Cc2ccc(O)cc2)NC(=O)OC(C)(C)C)C(C)CCC(C)C)c1. The van der Waals surface area contributed by atoms with Gasteiger partial charge in [0.1, 0.15) is 23.4 Å². The summed E-state index contributed by atoms with van der Waals surface area (Å²) in [6.45, 7) is 21.0. The molecule has 3 unspecified atom stereocenters. The Balaban J connectivity index is 2.71. The van der Waals surface area contributed by atoms with E-state index in [0.717, 1.165) is 17.5 Å². The van der Waals surface area contributed by atoms with E-state index in [4.69, 9.17) is 4.74 Å². The van der Waals surface area contributed by atoms with Crippen molar-refractivity contribution in [2.24, 2.45) is 5.92 Å². The number of phenols is 1. The summed E-state index contributed by atoms with van der Waals surface area (Å²) in [5.74, 6) is -0.248. The highest BCUT2D eigenvalue weighted by atomic mass is 16.6. The molecule has 3 atom stereocenters. The second-order valence-corrected chi connectivity index (χ2v) is 13.7. The van der Waals surface area contributed by atoms with Gasteiger partial charge in [-0.25, -0.2) is 4.79 Å². The van der Waals surface area contributed by atoms with Crippen LogP contribution in [0, 0.1) is 5.92 Å². The number of ether oxygens (including phenoxy) is 1. The zero-order valence-electron chi connectivity index (χ0n) is 27.4. The molecule has 2 aromatic rings. The van der Waals surface area contributed by atoms with E-state index in [1.807, 2.05) is 52.0 Å². The van der Waals surface area contributed by atoms with Gasteiger partial charge in [-0.1, -0.05) is 56.8 Å². The molecule has 0 aliphatic carbocycles. The molecule has 8 nitrogen and oxygen atoms in total. The third-order valence-electron chi connectivity index (χ3n) is 6.74. The van der Waals surface area contributed by atoms with Crippen molar-refractivity contribution in [2.75, 3.05) is 0 Å². The van der Waals surface area contributed by atoms with Crippen LogP contribution in [0.3, 0.4) is 0 Å². The van der Waals surface area contributed by atoms with Crippen LogP contribution < -0.4 is 10.6 Å². The van der Waals surface area contributed by atoms with Crippen LogP contribution >= 0.6 is 0 Å². The number of benzene rings is 2. The third-order valence-corrected chi connectivity index (χ3v) is 6.74. The summed E-state index contributed by atoms with van der Waals surface area (Å²) in [6.07, 6.45) is 2.60. The van der Waals surface area contributed by atoms with Crippen LogP contribution in [0.2, 0.25) is 0 Å². The van der Waals surface area contributed by atoms with E-state index < -0.39 is 35.2 Å². The molecule has 8 heteroatoms. The Morgan fingerprint density at radius 2 is 1.60 bits per heavy atom. The summed E-state index contributed by atoms with van der Waals surface area (Å²) in [7, 11) is 0. The maximum Gasteiger partial charge on any atom is 0.408 e. The lowest BCUT2D eigenvalue weighted by atomic mass is 9.94. The molecule has 0 saturated heterocycles. The number of hydrogen-bond donors (Lipinski definition) is 3. The highest BCUT2D eigenvalue weighted by Crippen LogP contribution is 2.29. The van der Waals surface area contributed by atoms with Gasteiger partial charge in [-0.2, -0.15) is 0 Å². The summed E-state index contributed by atoms with van der Waals surface area (Å²) >= 11 is 0. The molecule has 0 fully saturated rings. The predicted octanol–water partition coefficient (Wildman–Crippen LogP) is 6.78. The third kappa shape index (κ3) is 11.8. The van der Waals surface area contributed by atoms with Crippen molar-refractivity contribution < 1.29 is 24.2 Å². The van der Waals surface area contributed by atoms with Crippen molar-refractivity contribution in [3.63, 3.8) is 0 Å². The van der Waals surface area contributed by atoms with Gasteiger partial charge in [0, 0.05) is 18.0 Å². The summed E-state index contributed by atoms with van der Waals surface area (Å²) in [4.78, 5) is 43.5. The van der Waals surface area contributed by atoms with Crippen molar-refractivity contribution in [3.8, 4) is 5.75 Å². The minimum absolute atomic E-state index is 0.0941. The lowest BCUT2D eigenvalue weighted by molar-refractivity contribution is -0.145. The van der Waals surface area contributed by atoms with Crippen LogP contribution in [-0.2, 0) is 20.7 Å². The van der Waals surface area contributed by atoms with Crippen molar-refractivity contribution in [2.45, 2.75) is 111 Å². The Kier molecular flexibility index (Phi) is 12.4. The van der Waals surface area contributed by atoms with Crippen molar-refractivity contribution in [1.82, 2.24) is 15.5 Å². The lowest BCUT2D eigenvalue weighted by Crippen LogP contribution is -2.57. The molecule has 0 heterocycles. The largest absolute Gasteiger partial charge is 0.508 e. The molecule has 0 spiro atoms. The average Bonchev–Trinajstić information content (AvgIpc) is 2.88. The molecule has 0 radical (unpaired) electrons. The van der Waals surface area contributed by atoms with Gasteiger partial charge < -0.3 is 25.4 Å². The van der Waals surface area contributed by atoms with Crippen LogP contribution in [-0.4, -0.2) is 51.1 Å². The number of nitrogens with zero attached hydrogens (tertiary/aromatic N) is 1. The molecule has 236 valence electrons. The Morgan fingerprint density at radius 3 is 2.14 bits per heavy atom. The fourth-order valence-corrected chi connectivity index (χ4v) is 4.74. The molecule has 3 amide bonds. The maximum absolute atomic E-state index is 14.7. The van der Waals surface area contributed by atoms with E-state index in [1.54, 1.807) is 43.9 Å². The zero-order valence-corrected chi connectivity index (χ0v) is 27.4. The summed E-state index contributed by atoms with van der Waals surface area (Å²) < 4.78 is 5.53. The van der Waals surface area contributed by atoms with Gasteiger partial charge in [-0.3, -0.25) is 9.59 Å². The second-order valence-electron chi connectivity index (χ2n) is 13.7. The molecule has 0 saturated carbocycles. The molecular weight excluding hydrogens is 542 g/mol. The smallest absolute Gasteiger partial charge is 0.408 e. The summed E-state index contributed by atoms with van der Waals surface area (Å²) in [5, 5.41) is 15.7. The highest BCUT2D eigenvalue weighted by Gasteiger charge is 2.40. The van der Waals surface area contributed by atoms with E-state index in [0.29, 0.717) is 17.9 Å². The molecule has 2 aromatic carbocycles. The highest BCUT2D eigenvalue weighted by molar-refractivity contribution is 5.93. The van der Waals surface area contributed by atoms with Gasteiger partial charge >= 0.3 is 6.09 Å². The van der Waals surface area contributed by atoms with Gasteiger partial charge in [0.25, 0.3) is 0 Å². The van der Waals surface area contributed by atoms with Crippen molar-refractivity contribution in [1.29, 1.82) is 0 Å². The molecular formula is C35H51N3O5. The predicted molar refractivity (Wildman–Crippen MR) is 173 cm³/mol. The molecule has 2 rings (SSSR count). The maximum atomic E-state index is 14.7. The number of carbonyl (C=O) groups excluding carboxylic acids is 3. The first-order valence-corrected chi connectivity index (χ1v) is 15.0. The molecule has 0 aliphatic rings. The Bertz CT molecular complexity index is 1240. The quantitative estimate of drug-likeness (QED) is 0.251. The number of phenolic OH excluding ortho intramolecular Hbond substituents is 1. The summed E-state index contributed by atoms with van der Waals surface area (Å²) in [6, 6.07) is 11.6. The molecule has 0 bridgehead atoms. The van der Waals surface area contributed by atoms with E-state index in [9.17, 15) is 19.5 Å². The fraction of sp³-hybridized carbons (Fsp3) is 0.514. The van der Waals surface area contributed by atoms with Crippen LogP contribution in [0.1, 0.15) is 97.9 Å². The minimum Gasteiger partial charge on any atom is -0.508 e. The Labute approximate surface area is 257 Å². The van der Waals surface area contributed by atoms with Crippen LogP contribution in [0.15, 0.2) is 55.1 Å². The van der Waals surface area contributed by atoms with E-state index in [2.05, 4.69) is 31.1 Å². The number of nitrogens with one attached hydrogen (secondary N) is 2. The van der Waals surface area contributed by atoms with Gasteiger partial charge in [-0.05, 0) is 102 Å². The van der Waals surface area contributed by atoms with Gasteiger partial charge in [0.2, 0.25) is 11.8 Å². The molecule has 0 aliphatic heterocycles. The van der Waals surface area contributed by atoms with Gasteiger partial charge in [-0.15, -0.1) is 0 Å². The topological polar surface area (TPSA) is 108 Å². The zero-order chi connectivity index (χ0) is 32.5. The number of alkyl carbamates (subject to hydrolysis) is 1. The minimum atomic E-state index is -1.05. The lowest BCUT2D eigenvalue weighted by Gasteiger charge is -2.40. The number of aromatic hydroxyl groups is 1. The standard InChI is InChI=1S/C35H51N3O5/c1-11-25-13-12-14-27(21-25)30(31(40)37-34(5,6)7)38(24(4)16-15-23(2)3)32(41)29(36-33(42)43-35(8,9)10)22-26-17-19-28(39)20-18-26/h11-14,17-21,23-24,29-30,39H,1,15-16,22H2,2-10H3,(H,36,42)(H,37,40). The average molecular weight is 594 g/mol. The Hall–Kier alpha value is -3.81. The normalized spacial score (nSPS) is 13.9. The first kappa shape index (κ1) is 35.4.